The molecule has 1 aromatic rings. The SMILES string of the molecule is CC(C)(CNC(=O)c1ccc(Cl)cn1)C(N)=S. The summed E-state index contributed by atoms with van der Waals surface area (Å²) in [7, 11) is 0. The van der Waals surface area contributed by atoms with Gasteiger partial charge in [-0.05, 0) is 12.1 Å². The molecule has 0 aliphatic heterocycles. The first-order valence-electron chi connectivity index (χ1n) is 5.02. The number of hydrogen-bond acceptors (Lipinski definition) is 3. The molecule has 0 aromatic carbocycles. The van der Waals surface area contributed by atoms with Crippen LogP contribution in [0.15, 0.2) is 18.3 Å². The molecule has 0 fully saturated rings. The van der Waals surface area contributed by atoms with Crippen LogP contribution >= 0.6 is 23.8 Å². The van der Waals surface area contributed by atoms with Crippen LogP contribution in [-0.2, 0) is 0 Å². The Morgan fingerprint density at radius 1 is 1.59 bits per heavy atom. The molecular weight excluding hydrogens is 258 g/mol. The van der Waals surface area contributed by atoms with E-state index < -0.39 is 5.41 Å². The third-order valence-electron chi connectivity index (χ3n) is 2.32. The van der Waals surface area contributed by atoms with Crippen LogP contribution in [0.1, 0.15) is 24.3 Å². The van der Waals surface area contributed by atoms with E-state index in [9.17, 15) is 4.79 Å². The Hall–Kier alpha value is -1.20. The normalized spacial score (nSPS) is 11.0. The smallest absolute Gasteiger partial charge is 0.269 e. The Balaban J connectivity index is 2.62. The molecule has 0 bridgehead atoms. The van der Waals surface area contributed by atoms with Gasteiger partial charge in [0.25, 0.3) is 5.91 Å². The third kappa shape index (κ3) is 3.94. The predicted octanol–water partition coefficient (Wildman–Crippen LogP) is 1.78. The van der Waals surface area contributed by atoms with Gasteiger partial charge in [-0.25, -0.2) is 4.98 Å². The highest BCUT2D eigenvalue weighted by Gasteiger charge is 2.22. The van der Waals surface area contributed by atoms with Crippen LogP contribution in [0.4, 0.5) is 0 Å². The van der Waals surface area contributed by atoms with Gasteiger partial charge in [-0.15, -0.1) is 0 Å². The Kier molecular flexibility index (Phi) is 4.42. The van der Waals surface area contributed by atoms with Crippen molar-refractivity contribution in [2.24, 2.45) is 11.1 Å². The summed E-state index contributed by atoms with van der Waals surface area (Å²) in [5, 5.41) is 3.22. The average molecular weight is 272 g/mol. The van der Waals surface area contributed by atoms with Crippen molar-refractivity contribution in [1.29, 1.82) is 0 Å². The van der Waals surface area contributed by atoms with Gasteiger partial charge < -0.3 is 11.1 Å². The van der Waals surface area contributed by atoms with Crippen molar-refractivity contribution in [3.05, 3.63) is 29.0 Å². The molecule has 0 unspecified atom stereocenters. The highest BCUT2D eigenvalue weighted by atomic mass is 35.5. The average Bonchev–Trinajstić information content (AvgIpc) is 2.27. The fourth-order valence-electron chi connectivity index (χ4n) is 0.989. The molecule has 1 aromatic heterocycles. The van der Waals surface area contributed by atoms with Crippen LogP contribution in [0.5, 0.6) is 0 Å². The van der Waals surface area contributed by atoms with Crippen LogP contribution in [0.25, 0.3) is 0 Å². The molecule has 0 saturated heterocycles. The molecule has 1 amide bonds. The fraction of sp³-hybridized carbons (Fsp3) is 0.364. The topological polar surface area (TPSA) is 68.0 Å². The maximum Gasteiger partial charge on any atom is 0.269 e. The Labute approximate surface area is 111 Å². The molecule has 17 heavy (non-hydrogen) atoms. The highest BCUT2D eigenvalue weighted by Crippen LogP contribution is 2.13. The van der Waals surface area contributed by atoms with Gasteiger partial charge >= 0.3 is 0 Å². The molecule has 92 valence electrons. The zero-order valence-electron chi connectivity index (χ0n) is 9.66. The summed E-state index contributed by atoms with van der Waals surface area (Å²) >= 11 is 10.6. The maximum absolute atomic E-state index is 11.7. The summed E-state index contributed by atoms with van der Waals surface area (Å²) in [6.45, 7) is 4.10. The number of carbonyl (C=O) groups excluding carboxylic acids is 1. The Morgan fingerprint density at radius 3 is 2.71 bits per heavy atom. The van der Waals surface area contributed by atoms with Crippen LogP contribution < -0.4 is 11.1 Å². The lowest BCUT2D eigenvalue weighted by Gasteiger charge is -2.23. The van der Waals surface area contributed by atoms with Gasteiger partial charge in [0.2, 0.25) is 0 Å². The zero-order valence-corrected chi connectivity index (χ0v) is 11.2. The van der Waals surface area contributed by atoms with Crippen molar-refractivity contribution in [2.75, 3.05) is 6.54 Å². The lowest BCUT2D eigenvalue weighted by atomic mass is 9.93. The molecule has 0 spiro atoms. The van der Waals surface area contributed by atoms with Gasteiger partial charge in [0.15, 0.2) is 0 Å². The Morgan fingerprint density at radius 2 is 2.24 bits per heavy atom. The van der Waals surface area contributed by atoms with Gasteiger partial charge in [-0.1, -0.05) is 37.7 Å². The first-order valence-corrected chi connectivity index (χ1v) is 5.81. The van der Waals surface area contributed by atoms with Crippen LogP contribution in [-0.4, -0.2) is 22.4 Å². The van der Waals surface area contributed by atoms with E-state index in [4.69, 9.17) is 29.6 Å². The van der Waals surface area contributed by atoms with Gasteiger partial charge in [0.1, 0.15) is 5.69 Å². The molecule has 0 saturated carbocycles. The van der Waals surface area contributed by atoms with E-state index in [0.717, 1.165) is 0 Å². The molecule has 6 heteroatoms. The number of amides is 1. The van der Waals surface area contributed by atoms with Gasteiger partial charge in [0.05, 0.1) is 10.0 Å². The molecule has 3 N–H and O–H groups in total. The summed E-state index contributed by atoms with van der Waals surface area (Å²) in [6.07, 6.45) is 1.43. The molecule has 1 heterocycles. The minimum Gasteiger partial charge on any atom is -0.393 e. The number of rotatable bonds is 4. The number of halogens is 1. The first-order chi connectivity index (χ1) is 7.83. The summed E-state index contributed by atoms with van der Waals surface area (Å²) in [6, 6.07) is 3.17. The van der Waals surface area contributed by atoms with E-state index in [1.807, 2.05) is 13.8 Å². The summed E-state index contributed by atoms with van der Waals surface area (Å²) < 4.78 is 0. The molecule has 1 rings (SSSR count). The minimum atomic E-state index is -0.419. The van der Waals surface area contributed by atoms with E-state index >= 15 is 0 Å². The number of pyridine rings is 1. The fourth-order valence-corrected chi connectivity index (χ4v) is 1.17. The zero-order chi connectivity index (χ0) is 13.1. The van der Waals surface area contributed by atoms with E-state index in [1.165, 1.54) is 6.20 Å². The van der Waals surface area contributed by atoms with E-state index in [-0.39, 0.29) is 5.91 Å². The largest absolute Gasteiger partial charge is 0.393 e. The number of aromatic nitrogens is 1. The highest BCUT2D eigenvalue weighted by molar-refractivity contribution is 7.80. The van der Waals surface area contributed by atoms with Gasteiger partial charge in [-0.3, -0.25) is 4.79 Å². The second kappa shape index (κ2) is 5.42. The van der Waals surface area contributed by atoms with E-state index in [0.29, 0.717) is 22.2 Å². The molecule has 0 radical (unpaired) electrons. The summed E-state index contributed by atoms with van der Waals surface area (Å²) in [5.41, 5.74) is 5.46. The number of hydrogen-bond donors (Lipinski definition) is 2. The lowest BCUT2D eigenvalue weighted by molar-refractivity contribution is 0.0940. The molecular formula is C11H14ClN3OS. The van der Waals surface area contributed by atoms with Crippen molar-refractivity contribution in [1.82, 2.24) is 10.3 Å². The maximum atomic E-state index is 11.7. The number of nitrogens with one attached hydrogen (secondary N) is 1. The van der Waals surface area contributed by atoms with Crippen molar-refractivity contribution >= 4 is 34.7 Å². The second-order valence-corrected chi connectivity index (χ2v) is 5.17. The first kappa shape index (κ1) is 13.9. The standard InChI is InChI=1S/C11H14ClN3OS/c1-11(2,10(13)17)6-15-9(16)8-4-3-7(12)5-14-8/h3-5H,6H2,1-2H3,(H2,13,17)(H,15,16). The van der Waals surface area contributed by atoms with E-state index in [1.54, 1.807) is 12.1 Å². The van der Waals surface area contributed by atoms with Crippen LogP contribution in [0.2, 0.25) is 5.02 Å². The molecule has 0 aliphatic carbocycles. The minimum absolute atomic E-state index is 0.272. The Bertz CT molecular complexity index is 431. The number of nitrogens with two attached hydrogens (primary N) is 1. The number of nitrogens with zero attached hydrogens (tertiary/aromatic N) is 1. The molecule has 0 aliphatic rings. The summed E-state index contributed by atoms with van der Waals surface area (Å²) in [4.78, 5) is 16.0. The van der Waals surface area contributed by atoms with Crippen LogP contribution in [0.3, 0.4) is 0 Å². The van der Waals surface area contributed by atoms with Gasteiger partial charge in [0, 0.05) is 18.2 Å². The second-order valence-electron chi connectivity index (χ2n) is 4.29. The third-order valence-corrected chi connectivity index (χ3v) is 3.09. The van der Waals surface area contributed by atoms with Gasteiger partial charge in [-0.2, -0.15) is 0 Å². The van der Waals surface area contributed by atoms with Crippen molar-refractivity contribution in [3.63, 3.8) is 0 Å². The lowest BCUT2D eigenvalue weighted by Crippen LogP contribution is -2.41. The molecule has 4 nitrogen and oxygen atoms in total. The summed E-state index contributed by atoms with van der Waals surface area (Å²) in [5.74, 6) is -0.272. The predicted molar refractivity (Wildman–Crippen MR) is 72.1 cm³/mol. The monoisotopic (exact) mass is 271 g/mol. The molecule has 0 atom stereocenters. The number of thiocarbonyl (C=S) groups is 1. The van der Waals surface area contributed by atoms with Crippen molar-refractivity contribution in [3.8, 4) is 0 Å². The van der Waals surface area contributed by atoms with Crippen molar-refractivity contribution in [2.45, 2.75) is 13.8 Å². The quantitative estimate of drug-likeness (QED) is 0.819. The number of carbonyl (C=O) groups is 1. The van der Waals surface area contributed by atoms with Crippen molar-refractivity contribution < 1.29 is 4.79 Å². The van der Waals surface area contributed by atoms with Crippen LogP contribution in [0, 0.1) is 5.41 Å². The van der Waals surface area contributed by atoms with E-state index in [2.05, 4.69) is 10.3 Å².